The van der Waals surface area contributed by atoms with Crippen LogP contribution in [0.3, 0.4) is 0 Å². The minimum absolute atomic E-state index is 0.202. The first-order valence-electron chi connectivity index (χ1n) is 6.98. The van der Waals surface area contributed by atoms with Crippen LogP contribution < -0.4 is 5.32 Å². The minimum atomic E-state index is -1.03. The van der Waals surface area contributed by atoms with E-state index in [1.54, 1.807) is 18.5 Å². The Morgan fingerprint density at radius 1 is 1.18 bits per heavy atom. The molecule has 1 aliphatic carbocycles. The molecule has 0 radical (unpaired) electrons. The Balaban J connectivity index is 1.82. The molecule has 0 aliphatic heterocycles. The number of nitrogens with one attached hydrogen (secondary N) is 1. The van der Waals surface area contributed by atoms with Crippen molar-refractivity contribution in [2.75, 3.05) is 0 Å². The van der Waals surface area contributed by atoms with E-state index in [-0.39, 0.29) is 11.8 Å². The Morgan fingerprint density at radius 2 is 1.95 bits per heavy atom. The number of rotatable bonds is 3. The summed E-state index contributed by atoms with van der Waals surface area (Å²) in [6.07, 6.45) is 5.92. The molecule has 1 aliphatic rings. The predicted octanol–water partition coefficient (Wildman–Crippen LogP) is -0.121. The maximum Gasteiger partial charge on any atom is 0.254 e. The molecule has 4 atom stereocenters. The lowest BCUT2D eigenvalue weighted by Crippen LogP contribution is -2.45. The minimum Gasteiger partial charge on any atom is -0.390 e. The molecule has 1 amide bonds. The first-order chi connectivity index (χ1) is 10.7. The van der Waals surface area contributed by atoms with Gasteiger partial charge in [-0.1, -0.05) is 6.07 Å². The maximum absolute atomic E-state index is 12.2. The van der Waals surface area contributed by atoms with Crippen LogP contribution in [-0.2, 0) is 0 Å². The van der Waals surface area contributed by atoms with Gasteiger partial charge in [0.05, 0.1) is 17.7 Å². The summed E-state index contributed by atoms with van der Waals surface area (Å²) in [4.78, 5) is 23.9. The fraction of sp³-hybridized carbons (Fsp3) is 0.333. The van der Waals surface area contributed by atoms with Crippen molar-refractivity contribution < 1.29 is 15.0 Å². The van der Waals surface area contributed by atoms with Gasteiger partial charge in [0.15, 0.2) is 0 Å². The Hall–Kier alpha value is -2.38. The Kier molecular flexibility index (Phi) is 4.08. The molecular formula is C15H16N4O3. The summed E-state index contributed by atoms with van der Waals surface area (Å²) >= 11 is 0. The molecule has 7 nitrogen and oxygen atoms in total. The van der Waals surface area contributed by atoms with E-state index in [1.165, 1.54) is 18.7 Å². The molecule has 0 saturated heterocycles. The van der Waals surface area contributed by atoms with Gasteiger partial charge in [0.1, 0.15) is 12.4 Å². The van der Waals surface area contributed by atoms with E-state index in [4.69, 9.17) is 0 Å². The zero-order chi connectivity index (χ0) is 15.5. The van der Waals surface area contributed by atoms with Crippen molar-refractivity contribution in [3.8, 4) is 0 Å². The number of aromatic nitrogens is 3. The van der Waals surface area contributed by atoms with E-state index in [9.17, 15) is 15.0 Å². The van der Waals surface area contributed by atoms with E-state index in [1.807, 2.05) is 6.07 Å². The topological polar surface area (TPSA) is 108 Å². The van der Waals surface area contributed by atoms with Crippen LogP contribution in [0, 0.1) is 0 Å². The zero-order valence-corrected chi connectivity index (χ0v) is 11.7. The molecule has 3 N–H and O–H groups in total. The van der Waals surface area contributed by atoms with Gasteiger partial charge in [-0.25, -0.2) is 9.97 Å². The number of amides is 1. The summed E-state index contributed by atoms with van der Waals surface area (Å²) in [6.45, 7) is 0. The van der Waals surface area contributed by atoms with Crippen LogP contribution in [0.2, 0.25) is 0 Å². The van der Waals surface area contributed by atoms with Crippen molar-refractivity contribution in [3.63, 3.8) is 0 Å². The van der Waals surface area contributed by atoms with E-state index in [0.29, 0.717) is 12.0 Å². The monoisotopic (exact) mass is 300 g/mol. The van der Waals surface area contributed by atoms with E-state index in [0.717, 1.165) is 5.56 Å². The average Bonchev–Trinajstić information content (AvgIpc) is 2.85. The second kappa shape index (κ2) is 6.17. The van der Waals surface area contributed by atoms with Gasteiger partial charge in [-0.3, -0.25) is 9.78 Å². The van der Waals surface area contributed by atoms with Crippen LogP contribution in [0.25, 0.3) is 0 Å². The molecule has 22 heavy (non-hydrogen) atoms. The molecule has 0 unspecified atom stereocenters. The summed E-state index contributed by atoms with van der Waals surface area (Å²) in [5, 5.41) is 22.9. The van der Waals surface area contributed by atoms with Crippen molar-refractivity contribution in [2.24, 2.45) is 0 Å². The number of aliphatic hydroxyl groups excluding tert-OH is 2. The van der Waals surface area contributed by atoms with Gasteiger partial charge < -0.3 is 15.5 Å². The smallest absolute Gasteiger partial charge is 0.254 e. The van der Waals surface area contributed by atoms with Crippen LogP contribution >= 0.6 is 0 Å². The third-order valence-electron chi connectivity index (χ3n) is 3.92. The molecule has 7 heteroatoms. The Morgan fingerprint density at radius 3 is 2.64 bits per heavy atom. The highest BCUT2D eigenvalue weighted by molar-refractivity contribution is 5.93. The fourth-order valence-electron chi connectivity index (χ4n) is 2.80. The van der Waals surface area contributed by atoms with Gasteiger partial charge in [0, 0.05) is 30.7 Å². The zero-order valence-electron chi connectivity index (χ0n) is 11.7. The molecule has 1 saturated carbocycles. The molecular weight excluding hydrogens is 284 g/mol. The van der Waals surface area contributed by atoms with Gasteiger partial charge in [-0.15, -0.1) is 0 Å². The number of nitrogens with zero attached hydrogens (tertiary/aromatic N) is 3. The van der Waals surface area contributed by atoms with Gasteiger partial charge in [0.2, 0.25) is 0 Å². The van der Waals surface area contributed by atoms with Crippen molar-refractivity contribution in [1.82, 2.24) is 20.3 Å². The lowest BCUT2D eigenvalue weighted by atomic mass is 9.95. The fourth-order valence-corrected chi connectivity index (χ4v) is 2.80. The largest absolute Gasteiger partial charge is 0.390 e. The third kappa shape index (κ3) is 2.81. The summed E-state index contributed by atoms with van der Waals surface area (Å²) in [7, 11) is 0. The van der Waals surface area contributed by atoms with Crippen LogP contribution in [0.15, 0.2) is 43.2 Å². The van der Waals surface area contributed by atoms with Gasteiger partial charge in [0.25, 0.3) is 5.91 Å². The highest BCUT2D eigenvalue weighted by Gasteiger charge is 2.43. The standard InChI is InChI=1S/C15H16N4O3/c20-12-4-11(9-2-1-3-16-5-9)13(14(12)21)19-15(22)10-6-17-8-18-7-10/h1-3,5-8,11-14,20-21H,4H2,(H,19,22)/t11-,12-,13-,14-/m1/s1. The third-order valence-corrected chi connectivity index (χ3v) is 3.92. The Bertz CT molecular complexity index is 638. The van der Waals surface area contributed by atoms with Crippen LogP contribution in [0.1, 0.15) is 28.3 Å². The molecule has 114 valence electrons. The molecule has 2 aromatic heterocycles. The normalized spacial score (nSPS) is 27.5. The lowest BCUT2D eigenvalue weighted by Gasteiger charge is -2.23. The maximum atomic E-state index is 12.2. The van der Waals surface area contributed by atoms with Crippen molar-refractivity contribution in [1.29, 1.82) is 0 Å². The highest BCUT2D eigenvalue weighted by atomic mass is 16.3. The molecule has 1 fully saturated rings. The van der Waals surface area contributed by atoms with E-state index >= 15 is 0 Å². The number of pyridine rings is 1. The summed E-state index contributed by atoms with van der Waals surface area (Å²) in [6, 6.07) is 3.07. The first kappa shape index (κ1) is 14.6. The van der Waals surface area contributed by atoms with E-state index < -0.39 is 18.2 Å². The van der Waals surface area contributed by atoms with Crippen LogP contribution in [0.5, 0.6) is 0 Å². The lowest BCUT2D eigenvalue weighted by molar-refractivity contribution is 0.0294. The number of aliphatic hydroxyl groups is 2. The quantitative estimate of drug-likeness (QED) is 0.729. The van der Waals surface area contributed by atoms with Gasteiger partial charge in [-0.05, 0) is 18.1 Å². The van der Waals surface area contributed by atoms with E-state index in [2.05, 4.69) is 20.3 Å². The number of carbonyl (C=O) groups is 1. The SMILES string of the molecule is O=C(N[C@H]1[C@H](O)[C@H](O)C[C@@H]1c1cccnc1)c1cncnc1. The summed E-state index contributed by atoms with van der Waals surface area (Å²) < 4.78 is 0. The highest BCUT2D eigenvalue weighted by Crippen LogP contribution is 2.35. The molecule has 3 rings (SSSR count). The van der Waals surface area contributed by atoms with Crippen molar-refractivity contribution in [3.05, 3.63) is 54.4 Å². The average molecular weight is 300 g/mol. The molecule has 2 aromatic rings. The number of carbonyl (C=O) groups excluding carboxylic acids is 1. The second-order valence-corrected chi connectivity index (χ2v) is 5.31. The summed E-state index contributed by atoms with van der Waals surface area (Å²) in [5.74, 6) is -0.583. The van der Waals surface area contributed by atoms with Crippen molar-refractivity contribution >= 4 is 5.91 Å². The van der Waals surface area contributed by atoms with Gasteiger partial charge in [-0.2, -0.15) is 0 Å². The van der Waals surface area contributed by atoms with Crippen LogP contribution in [0.4, 0.5) is 0 Å². The predicted molar refractivity (Wildman–Crippen MR) is 76.9 cm³/mol. The molecule has 0 aromatic carbocycles. The molecule has 2 heterocycles. The molecule has 0 spiro atoms. The van der Waals surface area contributed by atoms with Crippen molar-refractivity contribution in [2.45, 2.75) is 30.6 Å². The number of hydrogen-bond acceptors (Lipinski definition) is 6. The van der Waals surface area contributed by atoms with Gasteiger partial charge >= 0.3 is 0 Å². The Labute approximate surface area is 127 Å². The first-order valence-corrected chi connectivity index (χ1v) is 6.98. The summed E-state index contributed by atoms with van der Waals surface area (Å²) in [5.41, 5.74) is 1.17. The molecule has 0 bridgehead atoms. The second-order valence-electron chi connectivity index (χ2n) is 5.31. The number of hydrogen-bond donors (Lipinski definition) is 3. The van der Waals surface area contributed by atoms with Crippen LogP contribution in [-0.4, -0.2) is 49.3 Å².